The van der Waals surface area contributed by atoms with Crippen LogP contribution < -0.4 is 0 Å². The van der Waals surface area contributed by atoms with Crippen LogP contribution in [0.3, 0.4) is 0 Å². The van der Waals surface area contributed by atoms with E-state index in [9.17, 15) is 0 Å². The third-order valence-electron chi connectivity index (χ3n) is 2.06. The van der Waals surface area contributed by atoms with Crippen molar-refractivity contribution < 1.29 is 0 Å². The first-order chi connectivity index (χ1) is 7.70. The topological polar surface area (TPSA) is 0 Å². The number of allylic oxidation sites excluding steroid dienone is 6. The summed E-state index contributed by atoms with van der Waals surface area (Å²) >= 11 is 0. The Balaban J connectivity index is 0.000000288. The van der Waals surface area contributed by atoms with Crippen molar-refractivity contribution in [2.75, 3.05) is 0 Å². The van der Waals surface area contributed by atoms with E-state index < -0.39 is 0 Å². The van der Waals surface area contributed by atoms with Crippen molar-refractivity contribution in [1.29, 1.82) is 0 Å². The largest absolute Gasteiger partial charge is 0.0877 e. The van der Waals surface area contributed by atoms with Crippen LogP contribution in [0.25, 0.3) is 0 Å². The van der Waals surface area contributed by atoms with Gasteiger partial charge in [0.05, 0.1) is 0 Å². The van der Waals surface area contributed by atoms with Gasteiger partial charge in [-0.3, -0.25) is 0 Å². The van der Waals surface area contributed by atoms with E-state index in [-0.39, 0.29) is 0 Å². The van der Waals surface area contributed by atoms with Gasteiger partial charge in [-0.2, -0.15) is 0 Å². The van der Waals surface area contributed by atoms with Crippen LogP contribution in [0, 0.1) is 6.92 Å². The summed E-state index contributed by atoms with van der Waals surface area (Å²) in [6, 6.07) is 10.3. The van der Waals surface area contributed by atoms with Gasteiger partial charge in [0, 0.05) is 0 Å². The summed E-state index contributed by atoms with van der Waals surface area (Å²) in [7, 11) is 0. The van der Waals surface area contributed by atoms with Crippen LogP contribution >= 0.6 is 0 Å². The van der Waals surface area contributed by atoms with Gasteiger partial charge in [0.1, 0.15) is 0 Å². The van der Waals surface area contributed by atoms with Crippen molar-refractivity contribution in [3.63, 3.8) is 0 Å². The first-order valence-corrected chi connectivity index (χ1v) is 5.64. The minimum Gasteiger partial charge on any atom is -0.0877 e. The molecule has 0 nitrogen and oxygen atoms in total. The number of rotatable bonds is 2. The molecule has 0 amide bonds. The predicted molar refractivity (Wildman–Crippen MR) is 74.6 cm³/mol. The van der Waals surface area contributed by atoms with E-state index in [4.69, 9.17) is 0 Å². The highest BCUT2D eigenvalue weighted by Crippen LogP contribution is 1.93. The average Bonchev–Trinajstić information content (AvgIpc) is 2.31. The summed E-state index contributed by atoms with van der Waals surface area (Å²) in [6.07, 6.45) is 10.2. The maximum Gasteiger partial charge on any atom is -0.0398 e. The van der Waals surface area contributed by atoms with E-state index >= 15 is 0 Å². The van der Waals surface area contributed by atoms with Gasteiger partial charge in [-0.15, -0.1) is 0 Å². The molecular formula is C16H22. The zero-order valence-electron chi connectivity index (χ0n) is 10.8. The third-order valence-corrected chi connectivity index (χ3v) is 2.06. The molecule has 0 saturated carbocycles. The predicted octanol–water partition coefficient (Wildman–Crippen LogP) is 5.08. The quantitative estimate of drug-likeness (QED) is 0.602. The van der Waals surface area contributed by atoms with Gasteiger partial charge in [-0.05, 0) is 27.7 Å². The molecule has 0 aliphatic rings. The molecule has 0 radical (unpaired) electrons. The van der Waals surface area contributed by atoms with Gasteiger partial charge in [0.15, 0.2) is 0 Å². The Labute approximate surface area is 100 Å². The van der Waals surface area contributed by atoms with E-state index in [1.807, 2.05) is 50.3 Å². The lowest BCUT2D eigenvalue weighted by molar-refractivity contribution is 1.48. The number of hydrogen-bond donors (Lipinski definition) is 0. The monoisotopic (exact) mass is 214 g/mol. The van der Waals surface area contributed by atoms with Gasteiger partial charge in [0.25, 0.3) is 0 Å². The van der Waals surface area contributed by atoms with Crippen LogP contribution in [-0.4, -0.2) is 0 Å². The molecule has 0 aliphatic heterocycles. The first kappa shape index (κ1) is 14.4. The van der Waals surface area contributed by atoms with E-state index in [1.165, 1.54) is 11.1 Å². The minimum absolute atomic E-state index is 1.30. The molecule has 0 fully saturated rings. The Bertz CT molecular complexity index is 340. The SMILES string of the molecule is C\C=C/C=C\C(C)=C/C.Cc1ccccc1. The van der Waals surface area contributed by atoms with Gasteiger partial charge in [-0.25, -0.2) is 0 Å². The molecule has 0 spiro atoms. The second-order valence-electron chi connectivity index (χ2n) is 3.57. The molecule has 86 valence electrons. The fourth-order valence-electron chi connectivity index (χ4n) is 0.949. The van der Waals surface area contributed by atoms with E-state index in [1.54, 1.807) is 0 Å². The van der Waals surface area contributed by atoms with E-state index in [2.05, 4.69) is 38.1 Å². The number of hydrogen-bond acceptors (Lipinski definition) is 0. The Morgan fingerprint density at radius 3 is 2.00 bits per heavy atom. The highest BCUT2D eigenvalue weighted by molar-refractivity contribution is 5.18. The van der Waals surface area contributed by atoms with Gasteiger partial charge in [-0.1, -0.05) is 71.8 Å². The van der Waals surface area contributed by atoms with Gasteiger partial charge in [0.2, 0.25) is 0 Å². The van der Waals surface area contributed by atoms with Crippen LogP contribution in [0.15, 0.2) is 66.3 Å². The minimum atomic E-state index is 1.30. The summed E-state index contributed by atoms with van der Waals surface area (Å²) < 4.78 is 0. The molecule has 0 atom stereocenters. The second kappa shape index (κ2) is 9.97. The summed E-state index contributed by atoms with van der Waals surface area (Å²) in [6.45, 7) is 8.21. The molecule has 0 saturated heterocycles. The standard InChI is InChI=1S/C9H14.C7H8/c1-4-6-7-8-9(3)5-2;1-7-5-3-2-4-6-7/h4-8H,1-3H3;2-6H,1H3/b6-4-,8-7-,9-5-;. The molecule has 0 unspecified atom stereocenters. The van der Waals surface area contributed by atoms with Crippen molar-refractivity contribution in [2.45, 2.75) is 27.7 Å². The molecule has 16 heavy (non-hydrogen) atoms. The van der Waals surface area contributed by atoms with Crippen molar-refractivity contribution in [3.05, 3.63) is 71.8 Å². The Morgan fingerprint density at radius 1 is 1.00 bits per heavy atom. The van der Waals surface area contributed by atoms with Crippen LogP contribution in [0.4, 0.5) is 0 Å². The van der Waals surface area contributed by atoms with E-state index in [0.717, 1.165) is 0 Å². The Kier molecular flexibility index (Phi) is 9.00. The molecule has 0 heterocycles. The normalized spacial score (nSPS) is 11.6. The summed E-state index contributed by atoms with van der Waals surface area (Å²) in [5, 5.41) is 0. The molecular weight excluding hydrogens is 192 g/mol. The second-order valence-corrected chi connectivity index (χ2v) is 3.57. The summed E-state index contributed by atoms with van der Waals surface area (Å²) in [4.78, 5) is 0. The van der Waals surface area contributed by atoms with Crippen LogP contribution in [0.5, 0.6) is 0 Å². The molecule has 0 aliphatic carbocycles. The average molecular weight is 214 g/mol. The zero-order valence-corrected chi connectivity index (χ0v) is 10.8. The van der Waals surface area contributed by atoms with Crippen LogP contribution in [0.2, 0.25) is 0 Å². The molecule has 1 rings (SSSR count). The Morgan fingerprint density at radius 2 is 1.62 bits per heavy atom. The lowest BCUT2D eigenvalue weighted by atomic mass is 10.2. The highest BCUT2D eigenvalue weighted by Gasteiger charge is 1.72. The zero-order chi connectivity index (χ0) is 12.2. The summed E-state index contributed by atoms with van der Waals surface area (Å²) in [5.74, 6) is 0. The molecule has 0 N–H and O–H groups in total. The van der Waals surface area contributed by atoms with Crippen LogP contribution in [0.1, 0.15) is 26.3 Å². The lowest BCUT2D eigenvalue weighted by Crippen LogP contribution is -1.62. The van der Waals surface area contributed by atoms with Gasteiger partial charge >= 0.3 is 0 Å². The number of aryl methyl sites for hydroxylation is 1. The fraction of sp³-hybridized carbons (Fsp3) is 0.250. The summed E-state index contributed by atoms with van der Waals surface area (Å²) in [5.41, 5.74) is 2.62. The molecule has 0 bridgehead atoms. The number of benzene rings is 1. The van der Waals surface area contributed by atoms with Crippen molar-refractivity contribution >= 4 is 0 Å². The van der Waals surface area contributed by atoms with E-state index in [0.29, 0.717) is 0 Å². The van der Waals surface area contributed by atoms with Crippen molar-refractivity contribution in [2.24, 2.45) is 0 Å². The van der Waals surface area contributed by atoms with Crippen molar-refractivity contribution in [3.8, 4) is 0 Å². The Hall–Kier alpha value is -1.56. The van der Waals surface area contributed by atoms with Crippen molar-refractivity contribution in [1.82, 2.24) is 0 Å². The maximum absolute atomic E-state index is 2.08. The molecule has 0 heteroatoms. The lowest BCUT2D eigenvalue weighted by Gasteiger charge is -1.82. The molecule has 0 aromatic heterocycles. The smallest absolute Gasteiger partial charge is 0.0398 e. The molecule has 1 aromatic rings. The highest BCUT2D eigenvalue weighted by atomic mass is 13.8. The fourth-order valence-corrected chi connectivity index (χ4v) is 0.949. The third kappa shape index (κ3) is 9.01. The maximum atomic E-state index is 2.08. The first-order valence-electron chi connectivity index (χ1n) is 5.64. The van der Waals surface area contributed by atoms with Gasteiger partial charge < -0.3 is 0 Å². The molecule has 1 aromatic carbocycles. The van der Waals surface area contributed by atoms with Crippen LogP contribution in [-0.2, 0) is 0 Å².